The van der Waals surface area contributed by atoms with E-state index in [0.29, 0.717) is 5.89 Å². The van der Waals surface area contributed by atoms with Gasteiger partial charge in [0.15, 0.2) is 12.4 Å². The van der Waals surface area contributed by atoms with Crippen molar-refractivity contribution in [1.82, 2.24) is 15.5 Å². The van der Waals surface area contributed by atoms with E-state index in [2.05, 4.69) is 38.3 Å². The Labute approximate surface area is 126 Å². The Hall–Kier alpha value is -1.40. The van der Waals surface area contributed by atoms with Crippen molar-refractivity contribution in [3.05, 3.63) is 40.0 Å². The van der Waals surface area contributed by atoms with E-state index >= 15 is 0 Å². The van der Waals surface area contributed by atoms with Gasteiger partial charge in [-0.25, -0.2) is 0 Å². The number of nitrogens with one attached hydrogen (secondary N) is 1. The Morgan fingerprint density at radius 1 is 1.40 bits per heavy atom. The van der Waals surface area contributed by atoms with Gasteiger partial charge in [-0.1, -0.05) is 28.0 Å². The Kier molecular flexibility index (Phi) is 5.55. The van der Waals surface area contributed by atoms with E-state index in [9.17, 15) is 0 Å². The van der Waals surface area contributed by atoms with Gasteiger partial charge in [-0.15, -0.1) is 0 Å². The zero-order valence-corrected chi connectivity index (χ0v) is 13.2. The van der Waals surface area contributed by atoms with Crippen LogP contribution in [0.2, 0.25) is 0 Å². The third kappa shape index (κ3) is 4.05. The smallest absolute Gasteiger partial charge is 0.264 e. The third-order valence-corrected chi connectivity index (χ3v) is 3.50. The van der Waals surface area contributed by atoms with E-state index in [1.165, 1.54) is 0 Å². The van der Waals surface area contributed by atoms with Crippen molar-refractivity contribution in [3.8, 4) is 5.75 Å². The highest BCUT2D eigenvalue weighted by Crippen LogP contribution is 2.23. The first-order chi connectivity index (χ1) is 9.72. The van der Waals surface area contributed by atoms with Crippen LogP contribution in [0.25, 0.3) is 0 Å². The number of hydrogen-bond acceptors (Lipinski definition) is 5. The van der Waals surface area contributed by atoms with Crippen LogP contribution in [0, 0.1) is 0 Å². The van der Waals surface area contributed by atoms with Crippen molar-refractivity contribution >= 4 is 15.9 Å². The van der Waals surface area contributed by atoms with E-state index in [0.717, 1.165) is 41.0 Å². The maximum Gasteiger partial charge on any atom is 0.264 e. The maximum atomic E-state index is 5.68. The van der Waals surface area contributed by atoms with Crippen LogP contribution in [0.1, 0.15) is 30.6 Å². The molecule has 1 aromatic heterocycles. The van der Waals surface area contributed by atoms with Crippen molar-refractivity contribution in [2.24, 2.45) is 0 Å². The summed E-state index contributed by atoms with van der Waals surface area (Å²) in [5, 5.41) is 7.01. The van der Waals surface area contributed by atoms with E-state index in [4.69, 9.17) is 9.26 Å². The van der Waals surface area contributed by atoms with Gasteiger partial charge in [0.05, 0.1) is 0 Å². The summed E-state index contributed by atoms with van der Waals surface area (Å²) in [5.74, 6) is 2.03. The molecule has 6 heteroatoms. The molecule has 0 spiro atoms. The highest BCUT2D eigenvalue weighted by molar-refractivity contribution is 9.10. The summed E-state index contributed by atoms with van der Waals surface area (Å²) in [7, 11) is 1.91. The van der Waals surface area contributed by atoms with Gasteiger partial charge in [0.25, 0.3) is 5.89 Å². The fraction of sp³-hybridized carbons (Fsp3) is 0.429. The van der Waals surface area contributed by atoms with E-state index < -0.39 is 0 Å². The average molecular weight is 340 g/mol. The number of rotatable bonds is 7. The molecule has 0 radical (unpaired) electrons. The number of benzene rings is 1. The molecule has 1 N–H and O–H groups in total. The van der Waals surface area contributed by atoms with Gasteiger partial charge in [0.1, 0.15) is 5.75 Å². The molecule has 20 heavy (non-hydrogen) atoms. The number of halogens is 1. The summed E-state index contributed by atoms with van der Waals surface area (Å²) in [6.07, 6.45) is 1.83. The molecule has 0 unspecified atom stereocenters. The number of ether oxygens (including phenoxy) is 1. The number of aryl methyl sites for hydroxylation is 1. The van der Waals surface area contributed by atoms with Crippen LogP contribution in [0.15, 0.2) is 27.2 Å². The lowest BCUT2D eigenvalue weighted by atomic mass is 10.2. The lowest BCUT2D eigenvalue weighted by Crippen LogP contribution is -2.06. The molecule has 0 saturated carbocycles. The maximum absolute atomic E-state index is 5.68. The molecule has 0 amide bonds. The van der Waals surface area contributed by atoms with Gasteiger partial charge in [-0.2, -0.15) is 4.98 Å². The zero-order valence-electron chi connectivity index (χ0n) is 11.6. The van der Waals surface area contributed by atoms with E-state index in [-0.39, 0.29) is 6.61 Å². The Morgan fingerprint density at radius 2 is 2.25 bits per heavy atom. The topological polar surface area (TPSA) is 60.2 Å². The molecule has 2 aromatic rings. The molecule has 108 valence electrons. The Balaban J connectivity index is 1.97. The minimum absolute atomic E-state index is 0.289. The summed E-state index contributed by atoms with van der Waals surface area (Å²) in [6, 6.07) is 5.87. The molecular weight excluding hydrogens is 322 g/mol. The predicted octanol–water partition coefficient (Wildman–Crippen LogP) is 3.08. The lowest BCUT2D eigenvalue weighted by molar-refractivity contribution is 0.242. The number of hydrogen-bond donors (Lipinski definition) is 1. The number of nitrogens with zero attached hydrogens (tertiary/aromatic N) is 2. The molecule has 1 aromatic carbocycles. The molecule has 0 atom stereocenters. The monoisotopic (exact) mass is 339 g/mol. The summed E-state index contributed by atoms with van der Waals surface area (Å²) < 4.78 is 11.9. The number of aromatic nitrogens is 2. The quantitative estimate of drug-likeness (QED) is 0.839. The van der Waals surface area contributed by atoms with Crippen molar-refractivity contribution < 1.29 is 9.26 Å². The average Bonchev–Trinajstić information content (AvgIpc) is 2.88. The summed E-state index contributed by atoms with van der Waals surface area (Å²) >= 11 is 3.51. The molecule has 0 saturated heterocycles. The largest absolute Gasteiger partial charge is 0.484 e. The van der Waals surface area contributed by atoms with Crippen LogP contribution in [-0.2, 0) is 19.6 Å². The first-order valence-corrected chi connectivity index (χ1v) is 7.39. The molecule has 0 bridgehead atoms. The predicted molar refractivity (Wildman–Crippen MR) is 79.5 cm³/mol. The second-order valence-corrected chi connectivity index (χ2v) is 5.28. The van der Waals surface area contributed by atoms with Crippen LogP contribution < -0.4 is 10.1 Å². The minimum atomic E-state index is 0.289. The van der Waals surface area contributed by atoms with E-state index in [1.807, 2.05) is 25.2 Å². The molecule has 5 nitrogen and oxygen atoms in total. The second-order valence-electron chi connectivity index (χ2n) is 4.43. The van der Waals surface area contributed by atoms with Crippen molar-refractivity contribution in [3.63, 3.8) is 0 Å². The Morgan fingerprint density at radius 3 is 3.00 bits per heavy atom. The molecule has 0 fully saturated rings. The molecule has 0 aliphatic heterocycles. The van der Waals surface area contributed by atoms with Crippen molar-refractivity contribution in [1.29, 1.82) is 0 Å². The fourth-order valence-electron chi connectivity index (χ4n) is 1.79. The molecule has 0 aliphatic rings. The van der Waals surface area contributed by atoms with E-state index in [1.54, 1.807) is 0 Å². The second kappa shape index (κ2) is 7.40. The fourth-order valence-corrected chi connectivity index (χ4v) is 2.17. The highest BCUT2D eigenvalue weighted by Gasteiger charge is 2.07. The van der Waals surface area contributed by atoms with Crippen molar-refractivity contribution in [2.75, 3.05) is 7.05 Å². The standard InChI is InChI=1S/C14H18BrN3O2/c1-3-4-13-17-14(20-18-13)9-19-11-5-6-12(15)10(7-11)8-16-2/h5-7,16H,3-4,8-9H2,1-2H3. The van der Waals surface area contributed by atoms with Crippen LogP contribution in [-0.4, -0.2) is 17.2 Å². The van der Waals surface area contributed by atoms with Crippen LogP contribution in [0.3, 0.4) is 0 Å². The normalized spacial score (nSPS) is 10.8. The zero-order chi connectivity index (χ0) is 14.4. The lowest BCUT2D eigenvalue weighted by Gasteiger charge is -2.08. The molecular formula is C14H18BrN3O2. The summed E-state index contributed by atoms with van der Waals surface area (Å²) in [4.78, 5) is 4.27. The van der Waals surface area contributed by atoms with Gasteiger partial charge in [0.2, 0.25) is 0 Å². The van der Waals surface area contributed by atoms with Crippen LogP contribution in [0.4, 0.5) is 0 Å². The van der Waals surface area contributed by atoms with Gasteiger partial charge in [-0.3, -0.25) is 0 Å². The van der Waals surface area contributed by atoms with Crippen LogP contribution in [0.5, 0.6) is 5.75 Å². The van der Waals surface area contributed by atoms with Crippen LogP contribution >= 0.6 is 15.9 Å². The highest BCUT2D eigenvalue weighted by atomic mass is 79.9. The van der Waals surface area contributed by atoms with Gasteiger partial charge in [0, 0.05) is 17.4 Å². The van der Waals surface area contributed by atoms with Gasteiger partial charge >= 0.3 is 0 Å². The van der Waals surface area contributed by atoms with Gasteiger partial charge < -0.3 is 14.6 Å². The third-order valence-electron chi connectivity index (χ3n) is 2.73. The Bertz CT molecular complexity index is 557. The first-order valence-electron chi connectivity index (χ1n) is 6.60. The molecule has 1 heterocycles. The van der Waals surface area contributed by atoms with Gasteiger partial charge in [-0.05, 0) is 37.2 Å². The van der Waals surface area contributed by atoms with Crippen molar-refractivity contribution in [2.45, 2.75) is 32.9 Å². The SMILES string of the molecule is CCCc1noc(COc2ccc(Br)c(CNC)c2)n1. The molecule has 0 aliphatic carbocycles. The summed E-state index contributed by atoms with van der Waals surface area (Å²) in [6.45, 7) is 3.15. The first kappa shape index (κ1) is 15.0. The minimum Gasteiger partial charge on any atom is -0.484 e. The summed E-state index contributed by atoms with van der Waals surface area (Å²) in [5.41, 5.74) is 1.14. The molecule has 2 rings (SSSR count).